The molecule has 27 heavy (non-hydrogen) atoms. The van der Waals surface area contributed by atoms with E-state index in [2.05, 4.69) is 38.1 Å². The van der Waals surface area contributed by atoms with Gasteiger partial charge >= 0.3 is 5.38 Å². The summed E-state index contributed by atoms with van der Waals surface area (Å²) in [6.45, 7) is 4.10. The van der Waals surface area contributed by atoms with E-state index in [0.717, 1.165) is 29.8 Å². The van der Waals surface area contributed by atoms with E-state index in [1.807, 2.05) is 0 Å². The number of pyridine rings is 1. The van der Waals surface area contributed by atoms with Gasteiger partial charge < -0.3 is 10.2 Å². The Kier molecular flexibility index (Phi) is 6.01. The molecule has 4 nitrogen and oxygen atoms in total. The second-order valence-electron chi connectivity index (χ2n) is 6.81. The molecule has 3 rings (SSSR count). The number of anilines is 2. The van der Waals surface area contributed by atoms with E-state index in [1.54, 1.807) is 24.4 Å². The first kappa shape index (κ1) is 20.0. The average Bonchev–Trinajstić information content (AvgIpc) is 3.01. The van der Waals surface area contributed by atoms with Gasteiger partial charge in [0.15, 0.2) is 0 Å². The molecule has 1 aliphatic rings. The Bertz CT molecular complexity index is 827. The van der Waals surface area contributed by atoms with Crippen molar-refractivity contribution in [2.45, 2.75) is 25.1 Å². The molecule has 0 spiro atoms. The predicted octanol–water partition coefficient (Wildman–Crippen LogP) is 5.32. The van der Waals surface area contributed by atoms with Gasteiger partial charge in [0, 0.05) is 25.0 Å². The van der Waals surface area contributed by atoms with Gasteiger partial charge in [-0.15, -0.1) is 0 Å². The average molecular weight is 459 g/mol. The van der Waals surface area contributed by atoms with Gasteiger partial charge in [-0.25, -0.2) is 4.98 Å². The van der Waals surface area contributed by atoms with Crippen LogP contribution in [0.25, 0.3) is 0 Å². The van der Waals surface area contributed by atoms with Crippen LogP contribution in [0.4, 0.5) is 20.3 Å². The number of hydrogen-bond acceptors (Lipinski definition) is 3. The third-order valence-corrected chi connectivity index (χ3v) is 5.14. The Morgan fingerprint density at radius 2 is 2.11 bits per heavy atom. The van der Waals surface area contributed by atoms with E-state index in [0.29, 0.717) is 22.7 Å². The lowest BCUT2D eigenvalue weighted by molar-refractivity contribution is 0.0968. The van der Waals surface area contributed by atoms with Crippen LogP contribution in [0, 0.1) is 5.92 Å². The van der Waals surface area contributed by atoms with Gasteiger partial charge in [0.1, 0.15) is 5.82 Å². The minimum atomic E-state index is -3.28. The van der Waals surface area contributed by atoms with Gasteiger partial charge in [0.05, 0.1) is 16.5 Å². The maximum absolute atomic E-state index is 12.8. The van der Waals surface area contributed by atoms with Crippen LogP contribution in [0.5, 0.6) is 0 Å². The molecule has 0 saturated carbocycles. The molecule has 144 valence electrons. The Balaban J connectivity index is 1.66. The maximum Gasteiger partial charge on any atom is 0.325 e. The fraction of sp³-hybridized carbons (Fsp3) is 0.368. The number of benzene rings is 1. The van der Waals surface area contributed by atoms with Crippen LogP contribution in [0.15, 0.2) is 41.0 Å². The maximum atomic E-state index is 12.8. The van der Waals surface area contributed by atoms with Crippen molar-refractivity contribution in [3.8, 4) is 0 Å². The third-order valence-electron chi connectivity index (χ3n) is 4.42. The van der Waals surface area contributed by atoms with E-state index >= 15 is 0 Å². The van der Waals surface area contributed by atoms with Crippen LogP contribution >= 0.6 is 27.5 Å². The van der Waals surface area contributed by atoms with Crippen molar-refractivity contribution in [2.75, 3.05) is 23.3 Å². The zero-order valence-corrected chi connectivity index (χ0v) is 17.0. The van der Waals surface area contributed by atoms with Crippen molar-refractivity contribution in [1.29, 1.82) is 0 Å². The highest BCUT2D eigenvalue weighted by Gasteiger charge is 2.25. The second-order valence-corrected chi connectivity index (χ2v) is 8.22. The highest BCUT2D eigenvalue weighted by Crippen LogP contribution is 2.29. The number of amides is 1. The van der Waals surface area contributed by atoms with Crippen LogP contribution in [0.3, 0.4) is 0 Å². The van der Waals surface area contributed by atoms with E-state index < -0.39 is 11.8 Å². The Morgan fingerprint density at radius 3 is 2.67 bits per heavy atom. The molecule has 1 N–H and O–H groups in total. The first-order chi connectivity index (χ1) is 12.7. The van der Waals surface area contributed by atoms with Crippen molar-refractivity contribution in [3.63, 3.8) is 0 Å². The summed E-state index contributed by atoms with van der Waals surface area (Å²) in [5, 5.41) is -0.542. The SMILES string of the molecule is C[C@@H]1CCN(c2ncc(C(=O)Nc3ccc(CC(F)(F)Cl)cc3)cc2Br)C1. The van der Waals surface area contributed by atoms with Crippen LogP contribution < -0.4 is 10.2 Å². The quantitative estimate of drug-likeness (QED) is 0.617. The molecule has 2 heterocycles. The van der Waals surface area contributed by atoms with E-state index in [9.17, 15) is 13.6 Å². The summed E-state index contributed by atoms with van der Waals surface area (Å²) in [5.74, 6) is 1.14. The molecule has 0 aliphatic carbocycles. The van der Waals surface area contributed by atoms with Crippen molar-refractivity contribution in [2.24, 2.45) is 5.92 Å². The lowest BCUT2D eigenvalue weighted by Crippen LogP contribution is -2.21. The molecular weight excluding hydrogens is 440 g/mol. The molecule has 1 aromatic heterocycles. The number of nitrogens with one attached hydrogen (secondary N) is 1. The zero-order chi connectivity index (χ0) is 19.6. The van der Waals surface area contributed by atoms with Crippen molar-refractivity contribution in [1.82, 2.24) is 4.98 Å². The van der Waals surface area contributed by atoms with E-state index in [-0.39, 0.29) is 5.91 Å². The molecule has 8 heteroatoms. The predicted molar refractivity (Wildman–Crippen MR) is 107 cm³/mol. The van der Waals surface area contributed by atoms with E-state index in [1.165, 1.54) is 12.1 Å². The fourth-order valence-electron chi connectivity index (χ4n) is 3.06. The molecule has 1 saturated heterocycles. The Labute approximate surface area is 170 Å². The lowest BCUT2D eigenvalue weighted by atomic mass is 10.1. The number of aromatic nitrogens is 1. The smallest absolute Gasteiger partial charge is 0.325 e. The minimum absolute atomic E-state index is 0.319. The van der Waals surface area contributed by atoms with Crippen LogP contribution in [0.2, 0.25) is 0 Å². The molecule has 1 aliphatic heterocycles. The topological polar surface area (TPSA) is 45.2 Å². The standard InChI is InChI=1S/C19H19BrClF2N3O/c1-12-6-7-26(11-12)17-16(20)8-14(10-24-17)18(27)25-15-4-2-13(3-5-15)9-19(21,22)23/h2-5,8,10,12H,6-7,9,11H2,1H3,(H,25,27)/t12-/m1/s1. The van der Waals surface area contributed by atoms with Crippen LogP contribution in [-0.2, 0) is 6.42 Å². The molecule has 0 bridgehead atoms. The summed E-state index contributed by atoms with van der Waals surface area (Å²) < 4.78 is 26.4. The molecule has 1 fully saturated rings. The number of rotatable bonds is 5. The van der Waals surface area contributed by atoms with Gasteiger partial charge in [-0.05, 0) is 63.6 Å². The van der Waals surface area contributed by atoms with Crippen LogP contribution in [-0.4, -0.2) is 29.4 Å². The third kappa shape index (κ3) is 5.39. The highest BCUT2D eigenvalue weighted by atomic mass is 79.9. The Morgan fingerprint density at radius 1 is 1.41 bits per heavy atom. The summed E-state index contributed by atoms with van der Waals surface area (Å²) in [4.78, 5) is 19.1. The first-order valence-electron chi connectivity index (χ1n) is 8.59. The fourth-order valence-corrected chi connectivity index (χ4v) is 3.81. The molecule has 1 atom stereocenters. The van der Waals surface area contributed by atoms with Gasteiger partial charge in [-0.3, -0.25) is 4.79 Å². The number of alkyl halides is 3. The monoisotopic (exact) mass is 457 g/mol. The van der Waals surface area contributed by atoms with Gasteiger partial charge in [-0.2, -0.15) is 8.78 Å². The number of hydrogen-bond donors (Lipinski definition) is 1. The molecule has 0 radical (unpaired) electrons. The first-order valence-corrected chi connectivity index (χ1v) is 9.76. The number of nitrogens with zero attached hydrogens (tertiary/aromatic N) is 2. The van der Waals surface area contributed by atoms with E-state index in [4.69, 9.17) is 11.6 Å². The summed E-state index contributed by atoms with van der Waals surface area (Å²) in [5.41, 5.74) is 1.31. The highest BCUT2D eigenvalue weighted by molar-refractivity contribution is 9.10. The van der Waals surface area contributed by atoms with Gasteiger partial charge in [0.25, 0.3) is 5.91 Å². The summed E-state index contributed by atoms with van der Waals surface area (Å²) >= 11 is 8.44. The molecule has 1 amide bonds. The number of carbonyl (C=O) groups is 1. The number of carbonyl (C=O) groups excluding carboxylic acids is 1. The molecule has 0 unspecified atom stereocenters. The van der Waals surface area contributed by atoms with Crippen molar-refractivity contribution < 1.29 is 13.6 Å². The lowest BCUT2D eigenvalue weighted by Gasteiger charge is -2.18. The minimum Gasteiger partial charge on any atom is -0.355 e. The summed E-state index contributed by atoms with van der Waals surface area (Å²) in [6, 6.07) is 7.90. The summed E-state index contributed by atoms with van der Waals surface area (Å²) in [6.07, 6.45) is 2.11. The summed E-state index contributed by atoms with van der Waals surface area (Å²) in [7, 11) is 0. The van der Waals surface area contributed by atoms with Crippen molar-refractivity contribution >= 4 is 44.9 Å². The second kappa shape index (κ2) is 8.10. The van der Waals surface area contributed by atoms with Gasteiger partial charge in [-0.1, -0.05) is 19.1 Å². The molecule has 2 aromatic rings. The van der Waals surface area contributed by atoms with Gasteiger partial charge in [0.2, 0.25) is 0 Å². The number of halogens is 4. The normalized spacial score (nSPS) is 17.2. The molecule has 1 aromatic carbocycles. The zero-order valence-electron chi connectivity index (χ0n) is 14.7. The Hall–Kier alpha value is -1.73. The van der Waals surface area contributed by atoms with Crippen LogP contribution in [0.1, 0.15) is 29.3 Å². The molecular formula is C19H19BrClF2N3O. The largest absolute Gasteiger partial charge is 0.355 e. The van der Waals surface area contributed by atoms with Crippen molar-refractivity contribution in [3.05, 3.63) is 52.1 Å².